The molecule has 0 aromatic heterocycles. The number of carbonyl (C=O) groups excluding carboxylic acids is 3. The summed E-state index contributed by atoms with van der Waals surface area (Å²) in [4.78, 5) is 38.3. The van der Waals surface area contributed by atoms with Crippen LogP contribution >= 0.6 is 0 Å². The van der Waals surface area contributed by atoms with Crippen LogP contribution in [0.3, 0.4) is 0 Å². The Morgan fingerprint density at radius 3 is 0.883 bits per heavy atom. The van der Waals surface area contributed by atoms with Crippen molar-refractivity contribution in [3.63, 3.8) is 0 Å². The Hall–Kier alpha value is -3.93. The van der Waals surface area contributed by atoms with Gasteiger partial charge in [-0.25, -0.2) is 0 Å². The van der Waals surface area contributed by atoms with E-state index in [0.29, 0.717) is 19.3 Å². The summed E-state index contributed by atoms with van der Waals surface area (Å²) in [6.45, 7) is 6.46. The van der Waals surface area contributed by atoms with E-state index in [1.54, 1.807) is 0 Å². The number of unbranched alkanes of at least 4 members (excludes halogenated alkanes) is 29. The number of ether oxygens (including phenoxy) is 3. The molecule has 0 aliphatic heterocycles. The van der Waals surface area contributed by atoms with Gasteiger partial charge in [0.05, 0.1) is 0 Å². The minimum absolute atomic E-state index is 0.110. The quantitative estimate of drug-likeness (QED) is 0.0261. The molecule has 0 amide bonds. The summed E-state index contributed by atoms with van der Waals surface area (Å²) < 4.78 is 16.9. The van der Waals surface area contributed by atoms with Gasteiger partial charge in [-0.15, -0.1) is 0 Å². The molecule has 0 N–H and O–H groups in total. The number of rotatable bonds is 58. The van der Waals surface area contributed by atoms with Gasteiger partial charge >= 0.3 is 17.9 Å². The fraction of sp³-hybridized carbons (Fsp3) is 0.704. The van der Waals surface area contributed by atoms with Gasteiger partial charge in [0.1, 0.15) is 13.2 Å². The molecule has 0 spiro atoms. The molecular weight excluding hydrogens is 949 g/mol. The Bertz CT molecular complexity index is 1560. The molecule has 0 aromatic carbocycles. The zero-order valence-corrected chi connectivity index (χ0v) is 50.4. The van der Waals surface area contributed by atoms with Gasteiger partial charge in [0, 0.05) is 19.3 Å². The van der Waals surface area contributed by atoms with E-state index in [4.69, 9.17) is 14.2 Å². The predicted octanol–water partition coefficient (Wildman–Crippen LogP) is 22.2. The lowest BCUT2D eigenvalue weighted by Gasteiger charge is -2.18. The van der Waals surface area contributed by atoms with Gasteiger partial charge in [0.15, 0.2) is 6.10 Å². The molecule has 0 aromatic rings. The lowest BCUT2D eigenvalue weighted by molar-refractivity contribution is -0.166. The summed E-state index contributed by atoms with van der Waals surface area (Å²) in [5.41, 5.74) is 0. The molecule has 0 bridgehead atoms. The molecule has 0 aliphatic rings. The van der Waals surface area contributed by atoms with Gasteiger partial charge < -0.3 is 14.2 Å². The SMILES string of the molecule is CC/C=C\C/C=C\C/C=C\C/C=C\C/C=C\C/C=C\CCC(=O)O[C@H](COC(=O)CCCCCCCCCCC/C=C\C/C=C\CCCCC)COC(=O)CCCCCCCCCCCCC/C=C\CCCCCCCC. The van der Waals surface area contributed by atoms with Crippen LogP contribution in [0.15, 0.2) is 109 Å². The maximum atomic E-state index is 12.9. The number of hydrogen-bond donors (Lipinski definition) is 0. The third kappa shape index (κ3) is 62.8. The molecule has 0 unspecified atom stereocenters. The molecule has 0 radical (unpaired) electrons. The minimum atomic E-state index is -0.824. The highest BCUT2D eigenvalue weighted by atomic mass is 16.6. The van der Waals surface area contributed by atoms with E-state index in [1.165, 1.54) is 173 Å². The second-order valence-corrected chi connectivity index (χ2v) is 21.3. The number of hydrogen-bond acceptors (Lipinski definition) is 6. The molecule has 0 fully saturated rings. The monoisotopic (exact) mass is 1070 g/mol. The van der Waals surface area contributed by atoms with Crippen molar-refractivity contribution in [3.05, 3.63) is 109 Å². The highest BCUT2D eigenvalue weighted by Gasteiger charge is 2.19. The van der Waals surface area contributed by atoms with Crippen LogP contribution < -0.4 is 0 Å². The molecule has 77 heavy (non-hydrogen) atoms. The molecule has 0 rings (SSSR count). The van der Waals surface area contributed by atoms with Gasteiger partial charge in [-0.2, -0.15) is 0 Å². The summed E-state index contributed by atoms with van der Waals surface area (Å²) in [5.74, 6) is -0.992. The van der Waals surface area contributed by atoms with E-state index in [-0.39, 0.29) is 31.6 Å². The lowest BCUT2D eigenvalue weighted by atomic mass is 10.0. The van der Waals surface area contributed by atoms with E-state index >= 15 is 0 Å². The molecule has 1 atom stereocenters. The molecule has 6 heteroatoms. The van der Waals surface area contributed by atoms with E-state index in [2.05, 4.69) is 124 Å². The maximum absolute atomic E-state index is 12.9. The van der Waals surface area contributed by atoms with Gasteiger partial charge in [-0.1, -0.05) is 278 Å². The summed E-state index contributed by atoms with van der Waals surface area (Å²) in [6, 6.07) is 0. The van der Waals surface area contributed by atoms with E-state index < -0.39 is 12.1 Å². The van der Waals surface area contributed by atoms with E-state index in [0.717, 1.165) is 83.5 Å². The van der Waals surface area contributed by atoms with Crippen LogP contribution in [-0.4, -0.2) is 37.2 Å². The average Bonchev–Trinajstić information content (AvgIpc) is 3.43. The van der Waals surface area contributed by atoms with Crippen LogP contribution in [0.4, 0.5) is 0 Å². The normalized spacial score (nSPS) is 12.8. The van der Waals surface area contributed by atoms with Crippen molar-refractivity contribution >= 4 is 17.9 Å². The molecule has 440 valence electrons. The molecule has 0 saturated heterocycles. The van der Waals surface area contributed by atoms with Crippen LogP contribution in [-0.2, 0) is 28.6 Å². The molecule has 6 nitrogen and oxygen atoms in total. The van der Waals surface area contributed by atoms with Crippen molar-refractivity contribution < 1.29 is 28.6 Å². The number of carbonyl (C=O) groups is 3. The first-order valence-electron chi connectivity index (χ1n) is 32.4. The summed E-state index contributed by atoms with van der Waals surface area (Å²) in [5, 5.41) is 0. The highest BCUT2D eigenvalue weighted by Crippen LogP contribution is 2.16. The number of esters is 3. The second kappa shape index (κ2) is 64.6. The van der Waals surface area contributed by atoms with Crippen molar-refractivity contribution in [1.82, 2.24) is 0 Å². The van der Waals surface area contributed by atoms with Gasteiger partial charge in [0.25, 0.3) is 0 Å². The van der Waals surface area contributed by atoms with Gasteiger partial charge in [-0.3, -0.25) is 14.4 Å². The van der Waals surface area contributed by atoms with Crippen molar-refractivity contribution in [1.29, 1.82) is 0 Å². The molecule has 0 heterocycles. The average molecular weight is 1070 g/mol. The van der Waals surface area contributed by atoms with E-state index in [9.17, 15) is 14.4 Å². The summed E-state index contributed by atoms with van der Waals surface area (Å²) in [7, 11) is 0. The third-order valence-electron chi connectivity index (χ3n) is 13.7. The standard InChI is InChI=1S/C71H120O6/c1-4-7-10-13-16-19-22-25-28-31-34-35-38-40-43-46-49-52-55-58-61-64-70(73)76-67-68(77-71(74)65-62-59-56-53-50-47-44-41-37-33-30-27-24-21-18-15-12-9-6-3)66-75-69(72)63-60-57-54-51-48-45-42-39-36-32-29-26-23-20-17-14-11-8-5-2/h9,12,17-18,20-21,25-30,37,41,47,50,56,59,68H,4-8,10-11,13-16,19,22-24,31-36,38-40,42-46,48-49,51-55,57-58,60-67H2,1-3H3/b12-9-,20-17-,21-18-,28-25-,29-26-,30-27-,41-37-,50-47-,59-56-/t68-/m1/s1. The van der Waals surface area contributed by atoms with Crippen LogP contribution in [0, 0.1) is 0 Å². The Morgan fingerprint density at radius 1 is 0.273 bits per heavy atom. The lowest BCUT2D eigenvalue weighted by Crippen LogP contribution is -2.30. The smallest absolute Gasteiger partial charge is 0.306 e. The van der Waals surface area contributed by atoms with E-state index in [1.807, 2.05) is 6.08 Å². The van der Waals surface area contributed by atoms with Crippen LogP contribution in [0.1, 0.15) is 303 Å². The summed E-state index contributed by atoms with van der Waals surface area (Å²) in [6.07, 6.45) is 88.2. The Balaban J connectivity index is 4.48. The largest absolute Gasteiger partial charge is 0.462 e. The van der Waals surface area contributed by atoms with Crippen molar-refractivity contribution in [2.75, 3.05) is 13.2 Å². The first-order chi connectivity index (χ1) is 38.0. The Kier molecular flexibility index (Phi) is 61.3. The second-order valence-electron chi connectivity index (χ2n) is 21.3. The zero-order chi connectivity index (χ0) is 55.7. The Labute approximate surface area is 476 Å². The maximum Gasteiger partial charge on any atom is 0.306 e. The third-order valence-corrected chi connectivity index (χ3v) is 13.7. The fourth-order valence-electron chi connectivity index (χ4n) is 8.91. The van der Waals surface area contributed by atoms with Crippen LogP contribution in [0.5, 0.6) is 0 Å². The predicted molar refractivity (Wildman–Crippen MR) is 334 cm³/mol. The van der Waals surface area contributed by atoms with Crippen LogP contribution in [0.25, 0.3) is 0 Å². The minimum Gasteiger partial charge on any atom is -0.462 e. The first kappa shape index (κ1) is 73.1. The summed E-state index contributed by atoms with van der Waals surface area (Å²) >= 11 is 0. The molecule has 0 saturated carbocycles. The van der Waals surface area contributed by atoms with Gasteiger partial charge in [0.2, 0.25) is 0 Å². The highest BCUT2D eigenvalue weighted by molar-refractivity contribution is 5.71. The molecule has 0 aliphatic carbocycles. The number of allylic oxidation sites excluding steroid dienone is 18. The Morgan fingerprint density at radius 2 is 0.532 bits per heavy atom. The molecular formula is C71H120O6. The van der Waals surface area contributed by atoms with Crippen molar-refractivity contribution in [3.8, 4) is 0 Å². The first-order valence-corrected chi connectivity index (χ1v) is 32.4. The van der Waals surface area contributed by atoms with Crippen molar-refractivity contribution in [2.45, 2.75) is 309 Å². The van der Waals surface area contributed by atoms with Crippen LogP contribution in [0.2, 0.25) is 0 Å². The topological polar surface area (TPSA) is 78.9 Å². The van der Waals surface area contributed by atoms with Crippen molar-refractivity contribution in [2.24, 2.45) is 0 Å². The van der Waals surface area contributed by atoms with Gasteiger partial charge in [-0.05, 0) is 116 Å². The zero-order valence-electron chi connectivity index (χ0n) is 50.4. The fourth-order valence-corrected chi connectivity index (χ4v) is 8.91.